The number of aromatic nitrogens is 2. The van der Waals surface area contributed by atoms with Crippen LogP contribution in [0.25, 0.3) is 10.8 Å². The van der Waals surface area contributed by atoms with Crippen molar-refractivity contribution in [3.8, 4) is 5.75 Å². The first-order valence-electron chi connectivity index (χ1n) is 7.91. The Morgan fingerprint density at radius 1 is 1.25 bits per heavy atom. The fourth-order valence-electron chi connectivity index (χ4n) is 2.85. The molecule has 1 amide bonds. The Balaban J connectivity index is 1.75. The number of benzene rings is 2. The standard InChI is InChI=1S/C19H21N3O2/c1-12-18(13(2)22-21-12)11-20-19(23)9-15-6-4-5-14-7-8-16(24-3)10-17(14)15/h4-8,10H,9,11H2,1-3H3,(H,20,23)(H,21,22). The third-order valence-electron chi connectivity index (χ3n) is 4.27. The van der Waals surface area contributed by atoms with Crippen LogP contribution in [0.1, 0.15) is 22.5 Å². The minimum Gasteiger partial charge on any atom is -0.497 e. The second kappa shape index (κ2) is 6.74. The lowest BCUT2D eigenvalue weighted by Crippen LogP contribution is -2.25. The maximum atomic E-state index is 12.4. The molecule has 0 aliphatic rings. The molecule has 0 aliphatic carbocycles. The van der Waals surface area contributed by atoms with E-state index in [-0.39, 0.29) is 5.91 Å². The molecular weight excluding hydrogens is 302 g/mol. The van der Waals surface area contributed by atoms with Crippen LogP contribution in [0.3, 0.4) is 0 Å². The predicted molar refractivity (Wildman–Crippen MR) is 94.1 cm³/mol. The van der Waals surface area contributed by atoms with Gasteiger partial charge in [-0.05, 0) is 42.3 Å². The summed E-state index contributed by atoms with van der Waals surface area (Å²) in [7, 11) is 1.64. The average Bonchev–Trinajstić information content (AvgIpc) is 2.91. The van der Waals surface area contributed by atoms with Gasteiger partial charge in [0.05, 0.1) is 19.2 Å². The Bertz CT molecular complexity index is 864. The number of amides is 1. The van der Waals surface area contributed by atoms with Crippen LogP contribution < -0.4 is 10.1 Å². The summed E-state index contributed by atoms with van der Waals surface area (Å²) in [4.78, 5) is 12.4. The number of fused-ring (bicyclic) bond motifs is 1. The van der Waals surface area contributed by atoms with Crippen molar-refractivity contribution in [3.05, 3.63) is 58.9 Å². The number of H-pyrrole nitrogens is 1. The molecule has 2 aromatic carbocycles. The van der Waals surface area contributed by atoms with Crippen LogP contribution in [-0.2, 0) is 17.8 Å². The molecule has 2 N–H and O–H groups in total. The van der Waals surface area contributed by atoms with Crippen molar-refractivity contribution < 1.29 is 9.53 Å². The maximum Gasteiger partial charge on any atom is 0.224 e. The molecule has 0 bridgehead atoms. The van der Waals surface area contributed by atoms with Gasteiger partial charge in [-0.25, -0.2) is 0 Å². The van der Waals surface area contributed by atoms with Gasteiger partial charge in [0.15, 0.2) is 0 Å². The highest BCUT2D eigenvalue weighted by molar-refractivity contribution is 5.91. The summed E-state index contributed by atoms with van der Waals surface area (Å²) in [6.45, 7) is 4.38. The van der Waals surface area contributed by atoms with Gasteiger partial charge in [-0.2, -0.15) is 5.10 Å². The second-order valence-electron chi connectivity index (χ2n) is 5.87. The smallest absolute Gasteiger partial charge is 0.224 e. The van der Waals surface area contributed by atoms with E-state index >= 15 is 0 Å². The number of ether oxygens (including phenoxy) is 1. The quantitative estimate of drug-likeness (QED) is 0.758. The van der Waals surface area contributed by atoms with Gasteiger partial charge in [0.1, 0.15) is 5.75 Å². The van der Waals surface area contributed by atoms with Gasteiger partial charge in [0, 0.05) is 17.8 Å². The first-order chi connectivity index (χ1) is 11.6. The summed E-state index contributed by atoms with van der Waals surface area (Å²) in [5.74, 6) is 0.783. The molecule has 0 aliphatic heterocycles. The van der Waals surface area contributed by atoms with Crippen molar-refractivity contribution in [2.75, 3.05) is 7.11 Å². The van der Waals surface area contributed by atoms with Gasteiger partial charge in [-0.3, -0.25) is 9.89 Å². The molecule has 0 atom stereocenters. The number of rotatable bonds is 5. The number of nitrogens with zero attached hydrogens (tertiary/aromatic N) is 1. The SMILES string of the molecule is COc1ccc2cccc(CC(=O)NCc3c(C)n[nH]c3C)c2c1. The Morgan fingerprint density at radius 3 is 2.79 bits per heavy atom. The van der Waals surface area contributed by atoms with E-state index in [1.54, 1.807) is 7.11 Å². The number of hydrogen-bond donors (Lipinski definition) is 2. The second-order valence-corrected chi connectivity index (χ2v) is 5.87. The van der Waals surface area contributed by atoms with Crippen molar-refractivity contribution in [2.45, 2.75) is 26.8 Å². The van der Waals surface area contributed by atoms with Crippen LogP contribution in [-0.4, -0.2) is 23.2 Å². The summed E-state index contributed by atoms with van der Waals surface area (Å²) in [5, 5.41) is 12.2. The van der Waals surface area contributed by atoms with Crippen molar-refractivity contribution in [1.82, 2.24) is 15.5 Å². The largest absolute Gasteiger partial charge is 0.497 e. The third-order valence-corrected chi connectivity index (χ3v) is 4.27. The highest BCUT2D eigenvalue weighted by Crippen LogP contribution is 2.24. The lowest BCUT2D eigenvalue weighted by atomic mass is 10.0. The van der Waals surface area contributed by atoms with Crippen LogP contribution in [0.4, 0.5) is 0 Å². The predicted octanol–water partition coefficient (Wildman–Crippen LogP) is 3.05. The molecule has 5 heteroatoms. The molecule has 3 rings (SSSR count). The Hall–Kier alpha value is -2.82. The summed E-state index contributed by atoms with van der Waals surface area (Å²) >= 11 is 0. The molecule has 3 aromatic rings. The minimum atomic E-state index is -0.00896. The number of methoxy groups -OCH3 is 1. The molecule has 0 unspecified atom stereocenters. The topological polar surface area (TPSA) is 67.0 Å². The van der Waals surface area contributed by atoms with E-state index in [9.17, 15) is 4.79 Å². The number of aryl methyl sites for hydroxylation is 2. The van der Waals surface area contributed by atoms with Gasteiger partial charge < -0.3 is 10.1 Å². The molecule has 0 fully saturated rings. The van der Waals surface area contributed by atoms with E-state index < -0.39 is 0 Å². The molecule has 24 heavy (non-hydrogen) atoms. The van der Waals surface area contributed by atoms with Crippen LogP contribution in [0.2, 0.25) is 0 Å². The lowest BCUT2D eigenvalue weighted by molar-refractivity contribution is -0.120. The van der Waals surface area contributed by atoms with Crippen LogP contribution in [0.5, 0.6) is 5.75 Å². The number of carbonyl (C=O) groups excluding carboxylic acids is 1. The molecule has 124 valence electrons. The van der Waals surface area contributed by atoms with Crippen LogP contribution in [0.15, 0.2) is 36.4 Å². The molecule has 0 saturated carbocycles. The van der Waals surface area contributed by atoms with Crippen LogP contribution in [0, 0.1) is 13.8 Å². The molecule has 0 radical (unpaired) electrons. The van der Waals surface area contributed by atoms with Gasteiger partial charge >= 0.3 is 0 Å². The Morgan fingerprint density at radius 2 is 2.08 bits per heavy atom. The molecule has 5 nitrogen and oxygen atoms in total. The maximum absolute atomic E-state index is 12.4. The van der Waals surface area contributed by atoms with Gasteiger partial charge in [0.25, 0.3) is 0 Å². The van der Waals surface area contributed by atoms with E-state index in [4.69, 9.17) is 4.74 Å². The van der Waals surface area contributed by atoms with Crippen LogP contribution >= 0.6 is 0 Å². The van der Waals surface area contributed by atoms with Crippen molar-refractivity contribution in [2.24, 2.45) is 0 Å². The van der Waals surface area contributed by atoms with Gasteiger partial charge in [-0.15, -0.1) is 0 Å². The van der Waals surface area contributed by atoms with Crippen molar-refractivity contribution in [3.63, 3.8) is 0 Å². The zero-order chi connectivity index (χ0) is 17.1. The summed E-state index contributed by atoms with van der Waals surface area (Å²) in [5.41, 5.74) is 3.94. The highest BCUT2D eigenvalue weighted by Gasteiger charge is 2.10. The molecule has 1 aromatic heterocycles. The summed E-state index contributed by atoms with van der Waals surface area (Å²) in [6.07, 6.45) is 0.334. The van der Waals surface area contributed by atoms with E-state index in [2.05, 4.69) is 15.5 Å². The zero-order valence-electron chi connectivity index (χ0n) is 14.1. The number of aromatic amines is 1. The molecule has 0 spiro atoms. The first-order valence-corrected chi connectivity index (χ1v) is 7.91. The fourth-order valence-corrected chi connectivity index (χ4v) is 2.85. The highest BCUT2D eigenvalue weighted by atomic mass is 16.5. The summed E-state index contributed by atoms with van der Waals surface area (Å²) < 4.78 is 5.29. The lowest BCUT2D eigenvalue weighted by Gasteiger charge is -2.09. The first kappa shape index (κ1) is 16.1. The van der Waals surface area contributed by atoms with Gasteiger partial charge in [-0.1, -0.05) is 24.3 Å². The fraction of sp³-hybridized carbons (Fsp3) is 0.263. The Kier molecular flexibility index (Phi) is 4.51. The van der Waals surface area contributed by atoms with E-state index in [0.29, 0.717) is 13.0 Å². The molecule has 1 heterocycles. The van der Waals surface area contributed by atoms with Crippen molar-refractivity contribution >= 4 is 16.7 Å². The monoisotopic (exact) mass is 323 g/mol. The zero-order valence-corrected chi connectivity index (χ0v) is 14.1. The number of nitrogens with one attached hydrogen (secondary N) is 2. The minimum absolute atomic E-state index is 0.00896. The van der Waals surface area contributed by atoms with Crippen molar-refractivity contribution in [1.29, 1.82) is 0 Å². The third kappa shape index (κ3) is 3.25. The Labute approximate surface area is 141 Å². The normalized spacial score (nSPS) is 10.8. The number of hydrogen-bond acceptors (Lipinski definition) is 3. The van der Waals surface area contributed by atoms with E-state index in [1.165, 1.54) is 0 Å². The van der Waals surface area contributed by atoms with E-state index in [1.807, 2.05) is 50.2 Å². The molecular formula is C19H21N3O2. The average molecular weight is 323 g/mol. The number of carbonyl (C=O) groups is 1. The molecule has 0 saturated heterocycles. The summed E-state index contributed by atoms with van der Waals surface area (Å²) in [6, 6.07) is 11.9. The van der Waals surface area contributed by atoms with Gasteiger partial charge in [0.2, 0.25) is 5.91 Å². The van der Waals surface area contributed by atoms with E-state index in [0.717, 1.165) is 39.0 Å².